The van der Waals surface area contributed by atoms with Gasteiger partial charge < -0.3 is 10.4 Å². The number of carbonyl (C=O) groups excluding carboxylic acids is 1. The third kappa shape index (κ3) is 4.47. The van der Waals surface area contributed by atoms with Crippen LogP contribution in [0, 0.1) is 5.41 Å². The maximum absolute atomic E-state index is 12.7. The standard InChI is InChI=1S/C14H16F3NO3/c1-13(2,14(15,16)17)8-10(19)18-11(12(20)21)9-6-4-3-5-7-9/h3-7,11H,8H2,1-2H3,(H,18,19)(H,20,21)/t11-/m1/s1. The lowest BCUT2D eigenvalue weighted by Gasteiger charge is -2.27. The molecule has 2 N–H and O–H groups in total. The van der Waals surface area contributed by atoms with Gasteiger partial charge in [-0.25, -0.2) is 4.79 Å². The smallest absolute Gasteiger partial charge is 0.394 e. The van der Waals surface area contributed by atoms with Crippen molar-refractivity contribution in [1.29, 1.82) is 0 Å². The highest BCUT2D eigenvalue weighted by Gasteiger charge is 2.48. The van der Waals surface area contributed by atoms with Gasteiger partial charge in [0.25, 0.3) is 0 Å². The first kappa shape index (κ1) is 17.0. The van der Waals surface area contributed by atoms with Gasteiger partial charge in [0.15, 0.2) is 6.04 Å². The highest BCUT2D eigenvalue weighted by molar-refractivity contribution is 5.84. The quantitative estimate of drug-likeness (QED) is 0.879. The summed E-state index contributed by atoms with van der Waals surface area (Å²) in [4.78, 5) is 22.9. The third-order valence-corrected chi connectivity index (χ3v) is 3.06. The molecule has 0 aliphatic rings. The van der Waals surface area contributed by atoms with Gasteiger partial charge in [-0.3, -0.25) is 4.79 Å². The summed E-state index contributed by atoms with van der Waals surface area (Å²) in [7, 11) is 0. The Balaban J connectivity index is 2.82. The van der Waals surface area contributed by atoms with E-state index in [2.05, 4.69) is 5.32 Å². The average Bonchev–Trinajstić information content (AvgIpc) is 2.34. The van der Waals surface area contributed by atoms with Gasteiger partial charge in [0, 0.05) is 6.42 Å². The fraction of sp³-hybridized carbons (Fsp3) is 0.429. The van der Waals surface area contributed by atoms with Crippen molar-refractivity contribution in [3.05, 3.63) is 35.9 Å². The highest BCUT2D eigenvalue weighted by Crippen LogP contribution is 2.40. The predicted molar refractivity (Wildman–Crippen MR) is 69.4 cm³/mol. The van der Waals surface area contributed by atoms with E-state index in [1.165, 1.54) is 12.1 Å². The number of halogens is 3. The molecule has 0 bridgehead atoms. The van der Waals surface area contributed by atoms with Crippen LogP contribution in [-0.2, 0) is 9.59 Å². The molecule has 0 spiro atoms. The maximum Gasteiger partial charge on any atom is 0.394 e. The van der Waals surface area contributed by atoms with Crippen molar-refractivity contribution < 1.29 is 27.9 Å². The van der Waals surface area contributed by atoms with Gasteiger partial charge >= 0.3 is 12.1 Å². The van der Waals surface area contributed by atoms with E-state index in [1.54, 1.807) is 18.2 Å². The van der Waals surface area contributed by atoms with Crippen LogP contribution in [0.15, 0.2) is 30.3 Å². The zero-order chi connectivity index (χ0) is 16.3. The van der Waals surface area contributed by atoms with Gasteiger partial charge in [-0.05, 0) is 5.56 Å². The van der Waals surface area contributed by atoms with Gasteiger partial charge in [0.1, 0.15) is 0 Å². The first-order valence-electron chi connectivity index (χ1n) is 6.18. The Hall–Kier alpha value is -2.05. The van der Waals surface area contributed by atoms with E-state index in [9.17, 15) is 22.8 Å². The topological polar surface area (TPSA) is 66.4 Å². The van der Waals surface area contributed by atoms with Crippen LogP contribution in [0.5, 0.6) is 0 Å². The molecule has 1 amide bonds. The summed E-state index contributed by atoms with van der Waals surface area (Å²) in [5, 5.41) is 11.2. The molecule has 0 saturated heterocycles. The Bertz CT molecular complexity index is 512. The fourth-order valence-corrected chi connectivity index (χ4v) is 1.65. The van der Waals surface area contributed by atoms with Crippen LogP contribution in [0.4, 0.5) is 13.2 Å². The van der Waals surface area contributed by atoms with Crippen molar-refractivity contribution >= 4 is 11.9 Å². The minimum absolute atomic E-state index is 0.295. The van der Waals surface area contributed by atoms with E-state index in [0.717, 1.165) is 13.8 Å². The monoisotopic (exact) mass is 303 g/mol. The number of alkyl halides is 3. The molecule has 0 fully saturated rings. The van der Waals surface area contributed by atoms with Crippen molar-refractivity contribution in [1.82, 2.24) is 5.32 Å². The molecule has 0 aliphatic carbocycles. The Morgan fingerprint density at radius 3 is 2.14 bits per heavy atom. The van der Waals surface area contributed by atoms with Crippen molar-refractivity contribution in [2.75, 3.05) is 0 Å². The van der Waals surface area contributed by atoms with Crippen LogP contribution in [0.25, 0.3) is 0 Å². The first-order chi connectivity index (χ1) is 9.54. The van der Waals surface area contributed by atoms with E-state index in [1.807, 2.05) is 0 Å². The lowest BCUT2D eigenvalue weighted by Crippen LogP contribution is -2.40. The van der Waals surface area contributed by atoms with Crippen LogP contribution in [0.3, 0.4) is 0 Å². The van der Waals surface area contributed by atoms with Gasteiger partial charge in [-0.2, -0.15) is 13.2 Å². The Kier molecular flexibility index (Phi) is 4.98. The molecule has 1 atom stereocenters. The lowest BCUT2D eigenvalue weighted by molar-refractivity contribution is -0.213. The van der Waals surface area contributed by atoms with Gasteiger partial charge in [-0.15, -0.1) is 0 Å². The molecule has 0 aromatic heterocycles. The summed E-state index contributed by atoms with van der Waals surface area (Å²) in [6, 6.07) is 6.41. The van der Waals surface area contributed by atoms with Crippen molar-refractivity contribution in [3.63, 3.8) is 0 Å². The van der Waals surface area contributed by atoms with E-state index in [4.69, 9.17) is 5.11 Å². The maximum atomic E-state index is 12.7. The van der Waals surface area contributed by atoms with Crippen LogP contribution in [0.1, 0.15) is 31.9 Å². The number of amides is 1. The number of carboxylic acids is 1. The molecule has 0 radical (unpaired) electrons. The second-order valence-electron chi connectivity index (χ2n) is 5.31. The van der Waals surface area contributed by atoms with Crippen LogP contribution >= 0.6 is 0 Å². The highest BCUT2D eigenvalue weighted by atomic mass is 19.4. The largest absolute Gasteiger partial charge is 0.479 e. The molecular weight excluding hydrogens is 287 g/mol. The number of aliphatic carboxylic acids is 1. The Morgan fingerprint density at radius 1 is 1.19 bits per heavy atom. The summed E-state index contributed by atoms with van der Waals surface area (Å²) in [6.07, 6.45) is -5.39. The van der Waals surface area contributed by atoms with Crippen molar-refractivity contribution in [3.8, 4) is 0 Å². The molecular formula is C14H16F3NO3. The van der Waals surface area contributed by atoms with Gasteiger partial charge in [-0.1, -0.05) is 44.2 Å². The summed E-state index contributed by atoms with van der Waals surface area (Å²) in [5.41, 5.74) is -1.93. The molecule has 0 unspecified atom stereocenters. The van der Waals surface area contributed by atoms with Gasteiger partial charge in [0.05, 0.1) is 5.41 Å². The molecule has 1 aromatic rings. The lowest BCUT2D eigenvalue weighted by atomic mass is 9.88. The Labute approximate surface area is 120 Å². The number of rotatable bonds is 5. The summed E-state index contributed by atoms with van der Waals surface area (Å²) in [6.45, 7) is 1.79. The molecule has 21 heavy (non-hydrogen) atoms. The number of carboxylic acid groups (broad SMARTS) is 1. The molecule has 1 rings (SSSR count). The second-order valence-corrected chi connectivity index (χ2v) is 5.31. The Morgan fingerprint density at radius 2 is 1.71 bits per heavy atom. The van der Waals surface area contributed by atoms with Crippen molar-refractivity contribution in [2.45, 2.75) is 32.5 Å². The number of benzene rings is 1. The number of hydrogen-bond acceptors (Lipinski definition) is 2. The number of nitrogens with one attached hydrogen (secondary N) is 1. The molecule has 7 heteroatoms. The van der Waals surface area contributed by atoms with Crippen LogP contribution in [0.2, 0.25) is 0 Å². The summed E-state index contributed by atoms with van der Waals surface area (Å²) < 4.78 is 38.1. The van der Waals surface area contributed by atoms with E-state index in [0.29, 0.717) is 5.56 Å². The van der Waals surface area contributed by atoms with Crippen molar-refractivity contribution in [2.24, 2.45) is 5.41 Å². The van der Waals surface area contributed by atoms with Gasteiger partial charge in [0.2, 0.25) is 5.91 Å². The first-order valence-corrected chi connectivity index (χ1v) is 6.18. The third-order valence-electron chi connectivity index (χ3n) is 3.06. The van der Waals surface area contributed by atoms with Crippen LogP contribution < -0.4 is 5.32 Å². The molecule has 116 valence electrons. The number of carbonyl (C=O) groups is 2. The predicted octanol–water partition coefficient (Wildman–Crippen LogP) is 2.91. The zero-order valence-corrected chi connectivity index (χ0v) is 11.6. The summed E-state index contributed by atoms with van der Waals surface area (Å²) in [5.74, 6) is -2.30. The van der Waals surface area contributed by atoms with E-state index >= 15 is 0 Å². The average molecular weight is 303 g/mol. The second kappa shape index (κ2) is 6.15. The summed E-state index contributed by atoms with van der Waals surface area (Å²) >= 11 is 0. The van der Waals surface area contributed by atoms with E-state index < -0.39 is 35.9 Å². The fourth-order valence-electron chi connectivity index (χ4n) is 1.65. The molecule has 4 nitrogen and oxygen atoms in total. The van der Waals surface area contributed by atoms with Crippen LogP contribution in [-0.4, -0.2) is 23.2 Å². The molecule has 1 aromatic carbocycles. The SMILES string of the molecule is CC(C)(CC(=O)N[C@@H](C(=O)O)c1ccccc1)C(F)(F)F. The molecule has 0 saturated carbocycles. The molecule has 0 heterocycles. The minimum atomic E-state index is -4.55. The number of hydrogen-bond donors (Lipinski definition) is 2. The molecule has 0 aliphatic heterocycles. The zero-order valence-electron chi connectivity index (χ0n) is 11.6. The minimum Gasteiger partial charge on any atom is -0.479 e. The normalized spacial score (nSPS) is 13.6. The van der Waals surface area contributed by atoms with E-state index in [-0.39, 0.29) is 0 Å².